The van der Waals surface area contributed by atoms with Crippen LogP contribution in [-0.2, 0) is 12.1 Å². The van der Waals surface area contributed by atoms with Crippen molar-refractivity contribution in [3.63, 3.8) is 0 Å². The number of nitrogens with zero attached hydrogens (tertiary/aromatic N) is 2. The van der Waals surface area contributed by atoms with Crippen LogP contribution in [0.5, 0.6) is 0 Å². The summed E-state index contributed by atoms with van der Waals surface area (Å²) in [5, 5.41) is 2.18. The lowest BCUT2D eigenvalue weighted by molar-refractivity contribution is 0.389. The maximum absolute atomic E-state index is 5.37. The van der Waals surface area contributed by atoms with Gasteiger partial charge in [-0.3, -0.25) is 4.99 Å². The molecule has 0 bridgehead atoms. The van der Waals surface area contributed by atoms with Gasteiger partial charge >= 0.3 is 0 Å². The molecule has 0 spiro atoms. The van der Waals surface area contributed by atoms with Crippen molar-refractivity contribution in [1.82, 2.24) is 4.57 Å². The van der Waals surface area contributed by atoms with Crippen LogP contribution in [0.1, 0.15) is 26.5 Å². The van der Waals surface area contributed by atoms with Crippen LogP contribution in [0.4, 0.5) is 0 Å². The van der Waals surface area contributed by atoms with Crippen LogP contribution in [-0.4, -0.2) is 4.57 Å². The molecule has 0 fully saturated rings. The first-order chi connectivity index (χ1) is 10.6. The summed E-state index contributed by atoms with van der Waals surface area (Å²) >= 11 is 1.67. The van der Waals surface area contributed by atoms with E-state index >= 15 is 0 Å². The Labute approximate surface area is 134 Å². The second kappa shape index (κ2) is 5.97. The number of hydrogen-bond acceptors (Lipinski definition) is 3. The van der Waals surface area contributed by atoms with Gasteiger partial charge in [-0.2, -0.15) is 0 Å². The molecule has 0 aliphatic rings. The summed E-state index contributed by atoms with van der Waals surface area (Å²) in [4.78, 5) is 5.77. The van der Waals surface area contributed by atoms with Gasteiger partial charge in [0, 0.05) is 10.9 Å². The van der Waals surface area contributed by atoms with E-state index < -0.39 is 0 Å². The second-order valence-electron chi connectivity index (χ2n) is 6.17. The van der Waals surface area contributed by atoms with Crippen molar-refractivity contribution >= 4 is 11.3 Å². The summed E-state index contributed by atoms with van der Waals surface area (Å²) in [6, 6.07) is 14.3. The molecule has 114 valence electrons. The van der Waals surface area contributed by atoms with Gasteiger partial charge in [-0.05, 0) is 38.5 Å². The Morgan fingerprint density at radius 3 is 2.50 bits per heavy atom. The van der Waals surface area contributed by atoms with E-state index in [0.29, 0.717) is 6.54 Å². The lowest BCUT2D eigenvalue weighted by Crippen LogP contribution is -2.31. The SMILES string of the molecule is CC(C)(C)n1c(-c2ccccc2)csc1=NCc1ccco1. The third kappa shape index (κ3) is 3.07. The van der Waals surface area contributed by atoms with Crippen LogP contribution in [0.25, 0.3) is 11.3 Å². The van der Waals surface area contributed by atoms with Crippen molar-refractivity contribution < 1.29 is 4.42 Å². The summed E-state index contributed by atoms with van der Waals surface area (Å²) in [5.74, 6) is 0.884. The van der Waals surface area contributed by atoms with E-state index in [4.69, 9.17) is 9.41 Å². The molecule has 2 aromatic heterocycles. The van der Waals surface area contributed by atoms with Crippen molar-refractivity contribution in [3.05, 3.63) is 64.7 Å². The highest BCUT2D eigenvalue weighted by Gasteiger charge is 2.19. The highest BCUT2D eigenvalue weighted by atomic mass is 32.1. The van der Waals surface area contributed by atoms with E-state index in [2.05, 4.69) is 55.0 Å². The molecule has 2 heterocycles. The van der Waals surface area contributed by atoms with Gasteiger partial charge in [0.25, 0.3) is 0 Å². The Bertz CT molecular complexity index is 790. The maximum atomic E-state index is 5.37. The summed E-state index contributed by atoms with van der Waals surface area (Å²) < 4.78 is 7.68. The van der Waals surface area contributed by atoms with Crippen LogP contribution in [0, 0.1) is 0 Å². The minimum absolute atomic E-state index is 0.0346. The van der Waals surface area contributed by atoms with Gasteiger partial charge in [-0.25, -0.2) is 0 Å². The minimum Gasteiger partial charge on any atom is -0.467 e. The fourth-order valence-corrected chi connectivity index (χ4v) is 3.50. The van der Waals surface area contributed by atoms with Gasteiger partial charge in [0.15, 0.2) is 4.80 Å². The zero-order valence-corrected chi connectivity index (χ0v) is 13.9. The van der Waals surface area contributed by atoms with E-state index in [1.165, 1.54) is 11.3 Å². The molecule has 0 amide bonds. The Balaban J connectivity index is 2.08. The average molecular weight is 312 g/mol. The van der Waals surface area contributed by atoms with Crippen LogP contribution in [0.2, 0.25) is 0 Å². The minimum atomic E-state index is -0.0346. The second-order valence-corrected chi connectivity index (χ2v) is 7.01. The van der Waals surface area contributed by atoms with Crippen molar-refractivity contribution in [2.45, 2.75) is 32.9 Å². The van der Waals surface area contributed by atoms with Crippen LogP contribution < -0.4 is 4.80 Å². The molecule has 1 aromatic carbocycles. The molecule has 0 aliphatic carbocycles. The fraction of sp³-hybridized carbons (Fsp3) is 0.278. The molecule has 0 saturated heterocycles. The number of aromatic nitrogens is 1. The smallest absolute Gasteiger partial charge is 0.186 e. The molecule has 0 unspecified atom stereocenters. The van der Waals surface area contributed by atoms with Crippen molar-refractivity contribution in [2.75, 3.05) is 0 Å². The standard InChI is InChI=1S/C18H20N2OS/c1-18(2,3)20-16(14-8-5-4-6-9-14)13-22-17(20)19-12-15-10-7-11-21-15/h4-11,13H,12H2,1-3H3. The van der Waals surface area contributed by atoms with Gasteiger partial charge in [0.05, 0.1) is 12.0 Å². The van der Waals surface area contributed by atoms with Gasteiger partial charge in [0.2, 0.25) is 0 Å². The predicted molar refractivity (Wildman–Crippen MR) is 90.7 cm³/mol. The normalized spacial score (nSPS) is 12.8. The van der Waals surface area contributed by atoms with Crippen molar-refractivity contribution in [1.29, 1.82) is 0 Å². The molecular formula is C18H20N2OS. The average Bonchev–Trinajstić information content (AvgIpc) is 3.15. The molecular weight excluding hydrogens is 292 g/mol. The third-order valence-corrected chi connectivity index (χ3v) is 4.26. The van der Waals surface area contributed by atoms with Gasteiger partial charge in [0.1, 0.15) is 12.3 Å². The molecule has 0 atom stereocenters. The lowest BCUT2D eigenvalue weighted by Gasteiger charge is -2.24. The van der Waals surface area contributed by atoms with Crippen molar-refractivity contribution in [3.8, 4) is 11.3 Å². The highest BCUT2D eigenvalue weighted by Crippen LogP contribution is 2.25. The molecule has 22 heavy (non-hydrogen) atoms. The van der Waals surface area contributed by atoms with E-state index in [-0.39, 0.29) is 5.54 Å². The number of thiazole rings is 1. The largest absolute Gasteiger partial charge is 0.467 e. The Hall–Kier alpha value is -2.07. The summed E-state index contributed by atoms with van der Waals surface area (Å²) in [6.45, 7) is 7.19. The number of furan rings is 1. The molecule has 3 nitrogen and oxygen atoms in total. The molecule has 3 rings (SSSR count). The van der Waals surface area contributed by atoms with E-state index in [1.807, 2.05) is 18.2 Å². The summed E-state index contributed by atoms with van der Waals surface area (Å²) in [6.07, 6.45) is 1.69. The van der Waals surface area contributed by atoms with E-state index in [9.17, 15) is 0 Å². The van der Waals surface area contributed by atoms with E-state index in [1.54, 1.807) is 17.6 Å². The topological polar surface area (TPSA) is 30.4 Å². The number of benzene rings is 1. The van der Waals surface area contributed by atoms with E-state index in [0.717, 1.165) is 10.6 Å². The van der Waals surface area contributed by atoms with Gasteiger partial charge in [-0.1, -0.05) is 30.3 Å². The van der Waals surface area contributed by atoms with Crippen LogP contribution >= 0.6 is 11.3 Å². The first-order valence-electron chi connectivity index (χ1n) is 7.35. The summed E-state index contributed by atoms with van der Waals surface area (Å²) in [5.41, 5.74) is 2.39. The Morgan fingerprint density at radius 1 is 1.09 bits per heavy atom. The third-order valence-electron chi connectivity index (χ3n) is 3.40. The molecule has 0 saturated carbocycles. The predicted octanol–water partition coefficient (Wildman–Crippen LogP) is 4.67. The quantitative estimate of drug-likeness (QED) is 0.691. The fourth-order valence-electron chi connectivity index (χ4n) is 2.43. The molecule has 3 aromatic rings. The lowest BCUT2D eigenvalue weighted by atomic mass is 10.1. The molecule has 0 radical (unpaired) electrons. The number of hydrogen-bond donors (Lipinski definition) is 0. The maximum Gasteiger partial charge on any atom is 0.186 e. The first kappa shape index (κ1) is 14.9. The highest BCUT2D eigenvalue weighted by molar-refractivity contribution is 7.07. The van der Waals surface area contributed by atoms with Gasteiger partial charge < -0.3 is 8.98 Å². The Morgan fingerprint density at radius 2 is 1.86 bits per heavy atom. The Kier molecular flexibility index (Phi) is 4.03. The monoisotopic (exact) mass is 312 g/mol. The van der Waals surface area contributed by atoms with Crippen LogP contribution in [0.3, 0.4) is 0 Å². The zero-order valence-electron chi connectivity index (χ0n) is 13.1. The summed E-state index contributed by atoms with van der Waals surface area (Å²) in [7, 11) is 0. The molecule has 0 N–H and O–H groups in total. The molecule has 4 heteroatoms. The first-order valence-corrected chi connectivity index (χ1v) is 8.23. The van der Waals surface area contributed by atoms with Crippen molar-refractivity contribution in [2.24, 2.45) is 4.99 Å². The van der Waals surface area contributed by atoms with Gasteiger partial charge in [-0.15, -0.1) is 11.3 Å². The number of rotatable bonds is 3. The molecule has 0 aliphatic heterocycles. The van der Waals surface area contributed by atoms with Crippen LogP contribution in [0.15, 0.2) is 63.5 Å². The zero-order chi connectivity index (χ0) is 15.6.